The summed E-state index contributed by atoms with van der Waals surface area (Å²) in [6, 6.07) is 13.3. The van der Waals surface area contributed by atoms with Gasteiger partial charge < -0.3 is 19.7 Å². The third-order valence-electron chi connectivity index (χ3n) is 5.42. The van der Waals surface area contributed by atoms with Gasteiger partial charge in [0.25, 0.3) is 0 Å². The van der Waals surface area contributed by atoms with Crippen molar-refractivity contribution < 1.29 is 19.1 Å². The van der Waals surface area contributed by atoms with Crippen LogP contribution in [0.2, 0.25) is 0 Å². The Kier molecular flexibility index (Phi) is 7.44. The Bertz CT molecular complexity index is 947. The van der Waals surface area contributed by atoms with E-state index in [0.717, 1.165) is 22.4 Å². The fourth-order valence-corrected chi connectivity index (χ4v) is 3.75. The standard InChI is InChI=1S/C26H34N2O4/c1-6-21(25(30)27-26(3,4)5)28(16-20-9-7-18(2)8-10-20)24(29)14-12-19-11-13-22-23(15-19)32-17-31-22/h7-11,13,15,21H,6,12,14,16-17H2,1-5H3,(H,27,30). The molecule has 1 N–H and O–H groups in total. The van der Waals surface area contributed by atoms with E-state index in [1.54, 1.807) is 4.90 Å². The summed E-state index contributed by atoms with van der Waals surface area (Å²) in [5, 5.41) is 3.04. The lowest BCUT2D eigenvalue weighted by molar-refractivity contribution is -0.142. The van der Waals surface area contributed by atoms with Gasteiger partial charge in [0, 0.05) is 18.5 Å². The Labute approximate surface area is 190 Å². The van der Waals surface area contributed by atoms with Gasteiger partial charge in [0.15, 0.2) is 11.5 Å². The van der Waals surface area contributed by atoms with Crippen LogP contribution in [0.25, 0.3) is 0 Å². The lowest BCUT2D eigenvalue weighted by atomic mass is 10.0. The van der Waals surface area contributed by atoms with Crippen LogP contribution in [0.15, 0.2) is 42.5 Å². The van der Waals surface area contributed by atoms with Crippen LogP contribution in [-0.4, -0.2) is 35.1 Å². The van der Waals surface area contributed by atoms with Gasteiger partial charge in [-0.1, -0.05) is 42.8 Å². The highest BCUT2D eigenvalue weighted by Crippen LogP contribution is 2.32. The largest absolute Gasteiger partial charge is 0.454 e. The Morgan fingerprint density at radius 1 is 1.03 bits per heavy atom. The van der Waals surface area contributed by atoms with E-state index in [-0.39, 0.29) is 24.1 Å². The predicted octanol–water partition coefficient (Wildman–Crippen LogP) is 4.38. The number of ether oxygens (including phenoxy) is 2. The molecule has 172 valence electrons. The van der Waals surface area contributed by atoms with Crippen molar-refractivity contribution in [1.29, 1.82) is 0 Å². The predicted molar refractivity (Wildman–Crippen MR) is 125 cm³/mol. The zero-order valence-electron chi connectivity index (χ0n) is 19.7. The van der Waals surface area contributed by atoms with Gasteiger partial charge in [-0.15, -0.1) is 0 Å². The van der Waals surface area contributed by atoms with Crippen molar-refractivity contribution in [3.8, 4) is 11.5 Å². The average Bonchev–Trinajstić information content (AvgIpc) is 3.20. The summed E-state index contributed by atoms with van der Waals surface area (Å²) < 4.78 is 10.8. The molecule has 1 heterocycles. The lowest BCUT2D eigenvalue weighted by Crippen LogP contribution is -2.53. The van der Waals surface area contributed by atoms with Crippen LogP contribution in [0.5, 0.6) is 11.5 Å². The van der Waals surface area contributed by atoms with Crippen LogP contribution < -0.4 is 14.8 Å². The maximum atomic E-state index is 13.4. The molecular formula is C26H34N2O4. The third kappa shape index (κ3) is 6.25. The number of carbonyl (C=O) groups is 2. The molecule has 32 heavy (non-hydrogen) atoms. The van der Waals surface area contributed by atoms with Gasteiger partial charge in [-0.3, -0.25) is 9.59 Å². The van der Waals surface area contributed by atoms with Crippen molar-refractivity contribution in [2.75, 3.05) is 6.79 Å². The van der Waals surface area contributed by atoms with E-state index in [1.165, 1.54) is 0 Å². The van der Waals surface area contributed by atoms with Gasteiger partial charge >= 0.3 is 0 Å². The minimum absolute atomic E-state index is 0.0425. The van der Waals surface area contributed by atoms with Gasteiger partial charge in [-0.05, 0) is 63.8 Å². The summed E-state index contributed by atoms with van der Waals surface area (Å²) >= 11 is 0. The Hall–Kier alpha value is -3.02. The first kappa shape index (κ1) is 23.6. The monoisotopic (exact) mass is 438 g/mol. The number of aryl methyl sites for hydroxylation is 2. The second-order valence-corrected chi connectivity index (χ2v) is 9.36. The van der Waals surface area contributed by atoms with Gasteiger partial charge in [0.05, 0.1) is 0 Å². The quantitative estimate of drug-likeness (QED) is 0.664. The number of benzene rings is 2. The highest BCUT2D eigenvalue weighted by atomic mass is 16.7. The number of hydrogen-bond donors (Lipinski definition) is 1. The SMILES string of the molecule is CCC(C(=O)NC(C)(C)C)N(Cc1ccc(C)cc1)C(=O)CCc1ccc2c(c1)OCO2. The normalized spacial score (nSPS) is 13.5. The van der Waals surface area contributed by atoms with Crippen LogP contribution in [0.3, 0.4) is 0 Å². The Morgan fingerprint density at radius 2 is 1.69 bits per heavy atom. The number of rotatable bonds is 8. The molecule has 6 nitrogen and oxygen atoms in total. The van der Waals surface area contributed by atoms with Crippen molar-refractivity contribution in [2.45, 2.75) is 72.0 Å². The molecule has 2 aromatic carbocycles. The first-order chi connectivity index (χ1) is 15.2. The zero-order chi connectivity index (χ0) is 23.3. The fourth-order valence-electron chi connectivity index (χ4n) is 3.75. The second kappa shape index (κ2) is 10.1. The van der Waals surface area contributed by atoms with Crippen LogP contribution in [0.1, 0.15) is 57.2 Å². The van der Waals surface area contributed by atoms with E-state index in [4.69, 9.17) is 9.47 Å². The first-order valence-corrected chi connectivity index (χ1v) is 11.2. The molecule has 2 amide bonds. The Morgan fingerprint density at radius 3 is 2.34 bits per heavy atom. The van der Waals surface area contributed by atoms with Crippen LogP contribution >= 0.6 is 0 Å². The summed E-state index contributed by atoms with van der Waals surface area (Å²) in [6.07, 6.45) is 1.42. The molecule has 0 fully saturated rings. The number of nitrogens with zero attached hydrogens (tertiary/aromatic N) is 1. The van der Waals surface area contributed by atoms with Crippen LogP contribution in [0, 0.1) is 6.92 Å². The maximum absolute atomic E-state index is 13.4. The average molecular weight is 439 g/mol. The number of hydrogen-bond acceptors (Lipinski definition) is 4. The molecule has 1 aliphatic rings. The van der Waals surface area contributed by atoms with E-state index >= 15 is 0 Å². The van der Waals surface area contributed by atoms with E-state index in [0.29, 0.717) is 31.6 Å². The maximum Gasteiger partial charge on any atom is 0.243 e. The molecule has 0 bridgehead atoms. The summed E-state index contributed by atoms with van der Waals surface area (Å²) in [6.45, 7) is 10.4. The first-order valence-electron chi connectivity index (χ1n) is 11.2. The van der Waals surface area contributed by atoms with E-state index in [9.17, 15) is 9.59 Å². The summed E-state index contributed by atoms with van der Waals surface area (Å²) in [7, 11) is 0. The number of nitrogens with one attached hydrogen (secondary N) is 1. The van der Waals surface area contributed by atoms with Gasteiger partial charge in [0.2, 0.25) is 18.6 Å². The van der Waals surface area contributed by atoms with E-state index in [2.05, 4.69) is 5.32 Å². The molecule has 0 radical (unpaired) electrons. The minimum Gasteiger partial charge on any atom is -0.454 e. The summed E-state index contributed by atoms with van der Waals surface area (Å²) in [5.41, 5.74) is 2.81. The second-order valence-electron chi connectivity index (χ2n) is 9.36. The third-order valence-corrected chi connectivity index (χ3v) is 5.42. The molecule has 0 saturated carbocycles. The molecule has 1 aliphatic heterocycles. The molecule has 1 unspecified atom stereocenters. The molecule has 0 spiro atoms. The van der Waals surface area contributed by atoms with Gasteiger partial charge in [-0.2, -0.15) is 0 Å². The number of amides is 2. The summed E-state index contributed by atoms with van der Waals surface area (Å²) in [4.78, 5) is 28.1. The molecule has 6 heteroatoms. The lowest BCUT2D eigenvalue weighted by Gasteiger charge is -2.33. The smallest absolute Gasteiger partial charge is 0.243 e. The minimum atomic E-state index is -0.528. The van der Waals surface area contributed by atoms with Crippen molar-refractivity contribution in [3.05, 3.63) is 59.2 Å². The highest BCUT2D eigenvalue weighted by molar-refractivity contribution is 5.88. The molecule has 0 aliphatic carbocycles. The Balaban J connectivity index is 1.77. The molecule has 0 saturated heterocycles. The number of carbonyl (C=O) groups excluding carboxylic acids is 2. The zero-order valence-corrected chi connectivity index (χ0v) is 19.7. The molecule has 1 atom stereocenters. The van der Waals surface area contributed by atoms with E-state index < -0.39 is 6.04 Å². The van der Waals surface area contributed by atoms with Crippen molar-refractivity contribution in [2.24, 2.45) is 0 Å². The van der Waals surface area contributed by atoms with Crippen LogP contribution in [0.4, 0.5) is 0 Å². The van der Waals surface area contributed by atoms with Gasteiger partial charge in [-0.25, -0.2) is 0 Å². The fraction of sp³-hybridized carbons (Fsp3) is 0.462. The van der Waals surface area contributed by atoms with Crippen molar-refractivity contribution >= 4 is 11.8 Å². The van der Waals surface area contributed by atoms with Crippen molar-refractivity contribution in [1.82, 2.24) is 10.2 Å². The van der Waals surface area contributed by atoms with Gasteiger partial charge in [0.1, 0.15) is 6.04 Å². The molecule has 2 aromatic rings. The molecule has 0 aromatic heterocycles. The topological polar surface area (TPSA) is 67.9 Å². The summed E-state index contributed by atoms with van der Waals surface area (Å²) in [5.74, 6) is 1.27. The molecule has 3 rings (SSSR count). The van der Waals surface area contributed by atoms with Crippen LogP contribution in [-0.2, 0) is 22.6 Å². The molecular weight excluding hydrogens is 404 g/mol. The van der Waals surface area contributed by atoms with Crippen molar-refractivity contribution in [3.63, 3.8) is 0 Å². The number of fused-ring (bicyclic) bond motifs is 1. The van der Waals surface area contributed by atoms with E-state index in [1.807, 2.05) is 77.1 Å². The highest BCUT2D eigenvalue weighted by Gasteiger charge is 2.30.